The molecule has 2 N–H and O–H groups in total. The van der Waals surface area contributed by atoms with Crippen LogP contribution in [0.3, 0.4) is 0 Å². The molecule has 0 aromatic heterocycles. The molecule has 2 rings (SSSR count). The second kappa shape index (κ2) is 10.2. The first kappa shape index (κ1) is 20.3. The van der Waals surface area contributed by atoms with Gasteiger partial charge in [0.1, 0.15) is 0 Å². The van der Waals surface area contributed by atoms with E-state index in [4.69, 9.17) is 0 Å². The summed E-state index contributed by atoms with van der Waals surface area (Å²) in [5, 5.41) is 13.9. The molecular formula is C20H25N5O2. The second-order valence-electron chi connectivity index (χ2n) is 5.98. The van der Waals surface area contributed by atoms with Crippen molar-refractivity contribution in [2.45, 2.75) is 20.8 Å². The molecule has 0 aliphatic carbocycles. The standard InChI is InChI=1S/C20H25N5O2/c1-4-25(5-2)14-20(27)22-17-8-12-19(13-9-17)24-23-18-10-6-16(7-11-18)21-15(3)26/h6-13H,4-5,14H2,1-3H3,(H,21,26)(H,22,27). The fourth-order valence-electron chi connectivity index (χ4n) is 2.39. The SMILES string of the molecule is CCN(CC)CC(=O)Nc1ccc(N=Nc2ccc(NC(C)=O)cc2)cc1. The summed E-state index contributed by atoms with van der Waals surface area (Å²) in [7, 11) is 0. The van der Waals surface area contributed by atoms with Crippen molar-refractivity contribution in [1.29, 1.82) is 0 Å². The zero-order valence-corrected chi connectivity index (χ0v) is 15.9. The van der Waals surface area contributed by atoms with Gasteiger partial charge in [-0.25, -0.2) is 0 Å². The minimum atomic E-state index is -0.117. The molecule has 0 spiro atoms. The third kappa shape index (κ3) is 6.99. The topological polar surface area (TPSA) is 86.2 Å². The lowest BCUT2D eigenvalue weighted by atomic mass is 10.3. The van der Waals surface area contributed by atoms with Crippen molar-refractivity contribution < 1.29 is 9.59 Å². The number of nitrogens with one attached hydrogen (secondary N) is 2. The average Bonchev–Trinajstić information content (AvgIpc) is 2.66. The minimum absolute atomic E-state index is 0.0349. The van der Waals surface area contributed by atoms with Crippen molar-refractivity contribution in [1.82, 2.24) is 4.90 Å². The van der Waals surface area contributed by atoms with Gasteiger partial charge in [0.2, 0.25) is 11.8 Å². The summed E-state index contributed by atoms with van der Waals surface area (Å²) < 4.78 is 0. The van der Waals surface area contributed by atoms with Crippen LogP contribution in [-0.2, 0) is 9.59 Å². The molecule has 7 nitrogen and oxygen atoms in total. The highest BCUT2D eigenvalue weighted by Gasteiger charge is 2.07. The summed E-state index contributed by atoms with van der Waals surface area (Å²) in [4.78, 5) is 25.1. The zero-order chi connectivity index (χ0) is 19.6. The Bertz CT molecular complexity index is 781. The normalized spacial score (nSPS) is 11.0. The zero-order valence-electron chi connectivity index (χ0n) is 15.9. The summed E-state index contributed by atoms with van der Waals surface area (Å²) in [6, 6.07) is 14.3. The van der Waals surface area contributed by atoms with Gasteiger partial charge < -0.3 is 10.6 Å². The lowest BCUT2D eigenvalue weighted by Gasteiger charge is -2.17. The fraction of sp³-hybridized carbons (Fsp3) is 0.300. The number of anilines is 2. The average molecular weight is 367 g/mol. The van der Waals surface area contributed by atoms with Crippen LogP contribution < -0.4 is 10.6 Å². The Hall–Kier alpha value is -3.06. The van der Waals surface area contributed by atoms with E-state index in [-0.39, 0.29) is 11.8 Å². The first-order valence-corrected chi connectivity index (χ1v) is 8.91. The Kier molecular flexibility index (Phi) is 7.63. The molecule has 0 fully saturated rings. The number of hydrogen-bond acceptors (Lipinski definition) is 5. The van der Waals surface area contributed by atoms with E-state index in [2.05, 4.69) is 25.8 Å². The second-order valence-corrected chi connectivity index (χ2v) is 5.98. The summed E-state index contributed by atoms with van der Waals surface area (Å²) >= 11 is 0. The van der Waals surface area contributed by atoms with Crippen LogP contribution in [-0.4, -0.2) is 36.3 Å². The molecule has 0 atom stereocenters. The number of carbonyl (C=O) groups is 2. The third-order valence-electron chi connectivity index (χ3n) is 3.88. The molecule has 0 saturated carbocycles. The van der Waals surface area contributed by atoms with Crippen molar-refractivity contribution in [3.63, 3.8) is 0 Å². The van der Waals surface area contributed by atoms with Crippen LogP contribution in [0.25, 0.3) is 0 Å². The van der Waals surface area contributed by atoms with Gasteiger partial charge in [0, 0.05) is 18.3 Å². The molecule has 0 bridgehead atoms. The molecule has 0 unspecified atom stereocenters. The molecule has 27 heavy (non-hydrogen) atoms. The summed E-state index contributed by atoms with van der Waals surface area (Å²) in [5.74, 6) is -0.152. The Morgan fingerprint density at radius 1 is 0.815 bits per heavy atom. The summed E-state index contributed by atoms with van der Waals surface area (Å²) in [6.45, 7) is 7.59. The number of benzene rings is 2. The van der Waals surface area contributed by atoms with E-state index < -0.39 is 0 Å². The number of carbonyl (C=O) groups excluding carboxylic acids is 2. The van der Waals surface area contributed by atoms with Crippen molar-refractivity contribution in [3.8, 4) is 0 Å². The molecule has 0 aliphatic rings. The lowest BCUT2D eigenvalue weighted by Crippen LogP contribution is -2.32. The van der Waals surface area contributed by atoms with Crippen LogP contribution in [0.4, 0.5) is 22.7 Å². The van der Waals surface area contributed by atoms with Gasteiger partial charge >= 0.3 is 0 Å². The van der Waals surface area contributed by atoms with Gasteiger partial charge in [0.05, 0.1) is 17.9 Å². The molecule has 2 aromatic rings. The number of rotatable bonds is 8. The molecule has 7 heteroatoms. The van der Waals surface area contributed by atoms with Crippen molar-refractivity contribution in [3.05, 3.63) is 48.5 Å². The number of likely N-dealkylation sites (N-methyl/N-ethyl adjacent to an activating group) is 1. The number of hydrogen-bond donors (Lipinski definition) is 2. The number of azo groups is 1. The Balaban J connectivity index is 1.92. The van der Waals surface area contributed by atoms with Gasteiger partial charge in [0.25, 0.3) is 0 Å². The van der Waals surface area contributed by atoms with Gasteiger partial charge in [-0.3, -0.25) is 14.5 Å². The van der Waals surface area contributed by atoms with E-state index in [9.17, 15) is 9.59 Å². The van der Waals surface area contributed by atoms with Gasteiger partial charge in [-0.2, -0.15) is 10.2 Å². The molecule has 0 heterocycles. The lowest BCUT2D eigenvalue weighted by molar-refractivity contribution is -0.117. The molecule has 0 saturated heterocycles. The summed E-state index contributed by atoms with van der Waals surface area (Å²) in [5.41, 5.74) is 2.81. The Morgan fingerprint density at radius 3 is 1.67 bits per heavy atom. The van der Waals surface area contributed by atoms with E-state index >= 15 is 0 Å². The fourth-order valence-corrected chi connectivity index (χ4v) is 2.39. The van der Waals surface area contributed by atoms with E-state index in [0.29, 0.717) is 23.6 Å². The first-order chi connectivity index (χ1) is 13.0. The molecular weight excluding hydrogens is 342 g/mol. The predicted octanol–water partition coefficient (Wildman–Crippen LogP) is 4.34. The predicted molar refractivity (Wildman–Crippen MR) is 108 cm³/mol. The number of amides is 2. The highest BCUT2D eigenvalue weighted by Crippen LogP contribution is 2.21. The maximum Gasteiger partial charge on any atom is 0.238 e. The Morgan fingerprint density at radius 2 is 1.26 bits per heavy atom. The largest absolute Gasteiger partial charge is 0.326 e. The van der Waals surface area contributed by atoms with Crippen molar-refractivity contribution in [2.75, 3.05) is 30.3 Å². The Labute approximate surface area is 159 Å². The van der Waals surface area contributed by atoms with E-state index in [0.717, 1.165) is 18.8 Å². The van der Waals surface area contributed by atoms with Crippen LogP contribution in [0.5, 0.6) is 0 Å². The smallest absolute Gasteiger partial charge is 0.238 e. The molecule has 142 valence electrons. The first-order valence-electron chi connectivity index (χ1n) is 8.91. The third-order valence-corrected chi connectivity index (χ3v) is 3.88. The van der Waals surface area contributed by atoms with Crippen LogP contribution in [0, 0.1) is 0 Å². The molecule has 2 aromatic carbocycles. The maximum atomic E-state index is 12.0. The van der Waals surface area contributed by atoms with Gasteiger partial charge in [-0.05, 0) is 61.6 Å². The van der Waals surface area contributed by atoms with E-state index in [1.165, 1.54) is 6.92 Å². The molecule has 0 radical (unpaired) electrons. The maximum absolute atomic E-state index is 12.0. The molecule has 0 aliphatic heterocycles. The number of nitrogens with zero attached hydrogens (tertiary/aromatic N) is 3. The quantitative estimate of drug-likeness (QED) is 0.681. The molecule has 2 amide bonds. The van der Waals surface area contributed by atoms with E-state index in [1.807, 2.05) is 13.8 Å². The van der Waals surface area contributed by atoms with Crippen molar-refractivity contribution >= 4 is 34.6 Å². The monoisotopic (exact) mass is 367 g/mol. The minimum Gasteiger partial charge on any atom is -0.326 e. The van der Waals surface area contributed by atoms with Crippen LogP contribution in [0.2, 0.25) is 0 Å². The van der Waals surface area contributed by atoms with Gasteiger partial charge in [0.15, 0.2) is 0 Å². The highest BCUT2D eigenvalue weighted by molar-refractivity contribution is 5.92. The van der Waals surface area contributed by atoms with E-state index in [1.54, 1.807) is 48.5 Å². The van der Waals surface area contributed by atoms with Gasteiger partial charge in [-0.1, -0.05) is 13.8 Å². The van der Waals surface area contributed by atoms with Crippen molar-refractivity contribution in [2.24, 2.45) is 10.2 Å². The highest BCUT2D eigenvalue weighted by atomic mass is 16.2. The van der Waals surface area contributed by atoms with Crippen LogP contribution >= 0.6 is 0 Å². The van der Waals surface area contributed by atoms with Gasteiger partial charge in [-0.15, -0.1) is 0 Å². The van der Waals surface area contributed by atoms with Crippen LogP contribution in [0.15, 0.2) is 58.8 Å². The van der Waals surface area contributed by atoms with Crippen LogP contribution in [0.1, 0.15) is 20.8 Å². The summed E-state index contributed by atoms with van der Waals surface area (Å²) in [6.07, 6.45) is 0.